The molecule has 0 saturated heterocycles. The Morgan fingerprint density at radius 2 is 1.93 bits per heavy atom. The molecule has 29 heavy (non-hydrogen) atoms. The number of carboxylic acids is 1. The summed E-state index contributed by atoms with van der Waals surface area (Å²) in [4.78, 5) is 16.4. The van der Waals surface area contributed by atoms with Crippen molar-refractivity contribution in [2.45, 2.75) is 45.1 Å². The number of carboxylic acid groups (broad SMARTS) is 1. The second-order valence-corrected chi connectivity index (χ2v) is 10.2. The van der Waals surface area contributed by atoms with E-state index in [1.807, 2.05) is 0 Å². The van der Waals surface area contributed by atoms with Crippen molar-refractivity contribution in [2.24, 2.45) is 27.8 Å². The van der Waals surface area contributed by atoms with Crippen LogP contribution in [0.5, 0.6) is 5.75 Å². The van der Waals surface area contributed by atoms with E-state index in [0.717, 1.165) is 9.87 Å². The second kappa shape index (κ2) is 7.83. The summed E-state index contributed by atoms with van der Waals surface area (Å²) in [7, 11) is -2.83. The molecule has 1 aliphatic rings. The molecule has 10 heteroatoms. The number of sulfonamides is 1. The summed E-state index contributed by atoms with van der Waals surface area (Å²) in [5.74, 6) is -1.22. The first-order valence-electron chi connectivity index (χ1n) is 9.27. The summed E-state index contributed by atoms with van der Waals surface area (Å²) < 4.78 is 33.3. The van der Waals surface area contributed by atoms with E-state index in [0.29, 0.717) is 5.75 Å². The molecular formula is C19H30N4O5S. The molecule has 0 amide bonds. The van der Waals surface area contributed by atoms with Crippen LogP contribution in [0.4, 0.5) is 0 Å². The fraction of sp³-hybridized carbons (Fsp3) is 0.579. The maximum Gasteiger partial charge on any atom is 0.325 e. The van der Waals surface area contributed by atoms with Crippen molar-refractivity contribution in [1.29, 1.82) is 0 Å². The quantitative estimate of drug-likeness (QED) is 0.414. The number of benzene rings is 1. The zero-order chi connectivity index (χ0) is 22.2. The molecule has 1 aliphatic heterocycles. The molecule has 1 heterocycles. The van der Waals surface area contributed by atoms with Crippen LogP contribution < -0.4 is 16.2 Å². The van der Waals surface area contributed by atoms with Crippen LogP contribution in [0.3, 0.4) is 0 Å². The molecule has 0 spiro atoms. The van der Waals surface area contributed by atoms with Gasteiger partial charge in [0.05, 0.1) is 0 Å². The highest BCUT2D eigenvalue weighted by Gasteiger charge is 2.58. The summed E-state index contributed by atoms with van der Waals surface area (Å²) >= 11 is 0. The van der Waals surface area contributed by atoms with Crippen molar-refractivity contribution in [2.75, 3.05) is 13.6 Å². The smallest absolute Gasteiger partial charge is 0.325 e. The lowest BCUT2D eigenvalue weighted by Crippen LogP contribution is -2.65. The third-order valence-corrected chi connectivity index (χ3v) is 8.47. The van der Waals surface area contributed by atoms with Crippen LogP contribution in [0.25, 0.3) is 0 Å². The average molecular weight is 427 g/mol. The van der Waals surface area contributed by atoms with Crippen molar-refractivity contribution < 1.29 is 23.1 Å². The van der Waals surface area contributed by atoms with Gasteiger partial charge in [0.25, 0.3) is 10.0 Å². The third kappa shape index (κ3) is 3.91. The normalized spacial score (nSPS) is 19.7. The predicted molar refractivity (Wildman–Crippen MR) is 111 cm³/mol. The van der Waals surface area contributed by atoms with E-state index < -0.39 is 32.4 Å². The van der Waals surface area contributed by atoms with Gasteiger partial charge in [0, 0.05) is 20.0 Å². The molecule has 1 aromatic rings. The fourth-order valence-corrected chi connectivity index (χ4v) is 5.30. The van der Waals surface area contributed by atoms with Gasteiger partial charge in [-0.3, -0.25) is 9.79 Å². The van der Waals surface area contributed by atoms with Gasteiger partial charge in [-0.1, -0.05) is 39.0 Å². The van der Waals surface area contributed by atoms with E-state index in [9.17, 15) is 18.3 Å². The van der Waals surface area contributed by atoms with Crippen molar-refractivity contribution in [3.8, 4) is 5.75 Å². The highest BCUT2D eigenvalue weighted by Crippen LogP contribution is 2.44. The highest BCUT2D eigenvalue weighted by atomic mass is 32.2. The van der Waals surface area contributed by atoms with Crippen LogP contribution in [0.1, 0.15) is 33.3 Å². The third-order valence-electron chi connectivity index (χ3n) is 6.41. The summed E-state index contributed by atoms with van der Waals surface area (Å²) in [5, 5.41) is 10.1. The zero-order valence-electron chi connectivity index (χ0n) is 17.4. The van der Waals surface area contributed by atoms with E-state index in [2.05, 4.69) is 4.99 Å². The molecule has 0 aromatic heterocycles. The largest absolute Gasteiger partial charge is 0.480 e. The number of carbonyl (C=O) groups is 1. The fourth-order valence-electron chi connectivity index (χ4n) is 3.51. The Hall–Kier alpha value is -2.33. The van der Waals surface area contributed by atoms with Gasteiger partial charge in [-0.05, 0) is 29.9 Å². The Labute approximate surface area is 171 Å². The number of likely N-dealkylation sites (N-methyl/N-ethyl adjacent to an activating group) is 1. The van der Waals surface area contributed by atoms with Crippen LogP contribution >= 0.6 is 0 Å². The topological polar surface area (TPSA) is 148 Å². The maximum atomic E-state index is 13.4. The van der Waals surface area contributed by atoms with Gasteiger partial charge >= 0.3 is 5.97 Å². The number of rotatable bonds is 8. The number of para-hydroxylation sites is 1. The average Bonchev–Trinajstić information content (AvgIpc) is 3.09. The number of ether oxygens (including phenoxy) is 1. The van der Waals surface area contributed by atoms with Gasteiger partial charge in [-0.25, -0.2) is 8.42 Å². The number of nitrogens with zero attached hydrogens (tertiary/aromatic N) is 2. The Balaban J connectivity index is 2.40. The van der Waals surface area contributed by atoms with Crippen molar-refractivity contribution in [3.63, 3.8) is 0 Å². The minimum absolute atomic E-state index is 0.109. The Morgan fingerprint density at radius 1 is 1.34 bits per heavy atom. The van der Waals surface area contributed by atoms with Crippen molar-refractivity contribution in [1.82, 2.24) is 4.31 Å². The first-order chi connectivity index (χ1) is 13.3. The van der Waals surface area contributed by atoms with E-state index in [-0.39, 0.29) is 24.8 Å². The van der Waals surface area contributed by atoms with E-state index >= 15 is 0 Å². The minimum Gasteiger partial charge on any atom is -0.480 e. The zero-order valence-corrected chi connectivity index (χ0v) is 18.2. The number of aliphatic carboxylic acids is 1. The monoisotopic (exact) mass is 426 g/mol. The van der Waals surface area contributed by atoms with E-state index in [1.54, 1.807) is 45.0 Å². The van der Waals surface area contributed by atoms with Gasteiger partial charge in [0.2, 0.25) is 5.44 Å². The Kier molecular flexibility index (Phi) is 6.20. The maximum absolute atomic E-state index is 13.4. The molecule has 0 bridgehead atoms. The highest BCUT2D eigenvalue weighted by molar-refractivity contribution is 7.89. The minimum atomic E-state index is -4.11. The first kappa shape index (κ1) is 23.0. The summed E-state index contributed by atoms with van der Waals surface area (Å²) in [6.07, 6.45) is 0.155. The molecule has 0 fully saturated rings. The van der Waals surface area contributed by atoms with Crippen molar-refractivity contribution in [3.05, 3.63) is 29.8 Å². The van der Waals surface area contributed by atoms with E-state index in [4.69, 9.17) is 16.2 Å². The molecule has 0 aliphatic carbocycles. The van der Waals surface area contributed by atoms with Crippen LogP contribution in [-0.2, 0) is 21.2 Å². The molecule has 1 aromatic carbocycles. The Morgan fingerprint density at radius 3 is 2.45 bits per heavy atom. The molecule has 5 N–H and O–H groups in total. The lowest BCUT2D eigenvalue weighted by Gasteiger charge is -2.49. The first-order valence-corrected chi connectivity index (χ1v) is 10.8. The summed E-state index contributed by atoms with van der Waals surface area (Å²) in [6, 6.07) is 7.05. The molecule has 0 radical (unpaired) electrons. The number of aliphatic imine (C=N–C) groups is 1. The number of nitrogens with two attached hydrogens (primary N) is 2. The van der Waals surface area contributed by atoms with Crippen LogP contribution in [0, 0.1) is 11.3 Å². The molecule has 2 rings (SSSR count). The summed E-state index contributed by atoms with van der Waals surface area (Å²) in [6.45, 7) is 6.75. The number of guanidine groups is 1. The number of hydrogen-bond acceptors (Lipinski definition) is 5. The number of hydrogen-bond donors (Lipinski definition) is 3. The second-order valence-electron chi connectivity index (χ2n) is 8.14. The molecule has 0 saturated carbocycles. The SMILES string of the molecule is CC(CN=C(N)N)C(C)(C)[C@@](C)(C(=O)O)N(C)S(=O)(=O)C1Cc2ccccc2O1. The number of fused-ring (bicyclic) bond motifs is 1. The molecule has 3 atom stereocenters. The predicted octanol–water partition coefficient (Wildman–Crippen LogP) is 0.988. The summed E-state index contributed by atoms with van der Waals surface area (Å²) in [5.41, 5.74) is 7.57. The van der Waals surface area contributed by atoms with Crippen LogP contribution in [-0.4, -0.2) is 54.3 Å². The lowest BCUT2D eigenvalue weighted by molar-refractivity contribution is -0.156. The van der Waals surface area contributed by atoms with Crippen LogP contribution in [0.15, 0.2) is 29.3 Å². The van der Waals surface area contributed by atoms with Crippen molar-refractivity contribution >= 4 is 22.0 Å². The standard InChI is InChI=1S/C19H30N4O5S/c1-12(11-22-17(20)21)18(2,3)19(4,16(24)25)23(5)29(26,27)15-10-13-8-6-7-9-14(13)28-15/h6-9,12,15H,10-11H2,1-5H3,(H,24,25)(H4,20,21,22)/t12?,15?,19-/m1/s1. The van der Waals surface area contributed by atoms with Gasteiger partial charge < -0.3 is 21.3 Å². The van der Waals surface area contributed by atoms with Gasteiger partial charge in [0.15, 0.2) is 5.96 Å². The van der Waals surface area contributed by atoms with Gasteiger partial charge in [-0.15, -0.1) is 0 Å². The molecular weight excluding hydrogens is 396 g/mol. The Bertz CT molecular complexity index is 886. The van der Waals surface area contributed by atoms with Gasteiger partial charge in [0.1, 0.15) is 11.3 Å². The van der Waals surface area contributed by atoms with Gasteiger partial charge in [-0.2, -0.15) is 4.31 Å². The molecule has 9 nitrogen and oxygen atoms in total. The van der Waals surface area contributed by atoms with E-state index in [1.165, 1.54) is 14.0 Å². The molecule has 162 valence electrons. The van der Waals surface area contributed by atoms with Crippen LogP contribution in [0.2, 0.25) is 0 Å². The molecule has 2 unspecified atom stereocenters. The lowest BCUT2D eigenvalue weighted by atomic mass is 9.65.